The van der Waals surface area contributed by atoms with E-state index in [1.807, 2.05) is 0 Å². The zero-order chi connectivity index (χ0) is 18.1. The minimum Gasteiger partial charge on any atom is -0.350 e. The molecule has 0 aliphatic rings. The molecule has 1 aromatic heterocycles. The first-order chi connectivity index (χ1) is 11.9. The summed E-state index contributed by atoms with van der Waals surface area (Å²) in [5.41, 5.74) is 1.09. The molecule has 0 saturated carbocycles. The normalized spacial score (nSPS) is 10.8. The summed E-state index contributed by atoms with van der Waals surface area (Å²) >= 11 is 6.06. The molecule has 0 atom stereocenters. The number of carbonyl (C=O) groups is 1. The Morgan fingerprint density at radius 3 is 2.76 bits per heavy atom. The number of aromatic nitrogens is 1. The highest BCUT2D eigenvalue weighted by Gasteiger charge is 2.18. The average molecular weight is 362 g/mol. The van der Waals surface area contributed by atoms with Crippen molar-refractivity contribution < 1.29 is 14.1 Å². The molecule has 3 aromatic rings. The number of nitro benzene ring substituents is 1. The second kappa shape index (κ2) is 6.52. The summed E-state index contributed by atoms with van der Waals surface area (Å²) in [4.78, 5) is 27.1. The van der Waals surface area contributed by atoms with Gasteiger partial charge < -0.3 is 9.88 Å². The number of benzene rings is 2. The first-order valence-electron chi connectivity index (χ1n) is 7.32. The fourth-order valence-electron chi connectivity index (χ4n) is 2.56. The van der Waals surface area contributed by atoms with Crippen molar-refractivity contribution in [1.29, 1.82) is 0 Å². The summed E-state index contributed by atoms with van der Waals surface area (Å²) in [5.74, 6) is -0.796. The van der Waals surface area contributed by atoms with E-state index in [2.05, 4.69) is 4.98 Å². The Hall–Kier alpha value is -2.93. The smallest absolute Gasteiger partial charge is 0.270 e. The van der Waals surface area contributed by atoms with E-state index in [1.54, 1.807) is 19.2 Å². The number of carbonyl (C=O) groups excluding carboxylic acids is 1. The quantitative estimate of drug-likeness (QED) is 0.560. The predicted molar refractivity (Wildman–Crippen MR) is 92.2 cm³/mol. The summed E-state index contributed by atoms with van der Waals surface area (Å²) in [5, 5.41) is 11.5. The molecule has 0 aliphatic heterocycles. The highest BCUT2D eigenvalue weighted by molar-refractivity contribution is 6.31. The SMILES string of the molecule is CN(Cc1cc([N+](=O)[O-])ccc1Cl)C(=O)c1cc2c(F)cccc2[nH]1. The number of hydrogen-bond acceptors (Lipinski definition) is 3. The van der Waals surface area contributed by atoms with Crippen LogP contribution in [0.3, 0.4) is 0 Å². The van der Waals surface area contributed by atoms with Crippen LogP contribution in [0.1, 0.15) is 16.1 Å². The van der Waals surface area contributed by atoms with E-state index in [9.17, 15) is 19.3 Å². The van der Waals surface area contributed by atoms with Crippen molar-refractivity contribution in [3.8, 4) is 0 Å². The molecule has 25 heavy (non-hydrogen) atoms. The van der Waals surface area contributed by atoms with Crippen LogP contribution in [-0.4, -0.2) is 27.8 Å². The Morgan fingerprint density at radius 2 is 2.08 bits per heavy atom. The molecule has 1 N–H and O–H groups in total. The Kier molecular flexibility index (Phi) is 4.41. The van der Waals surface area contributed by atoms with E-state index in [4.69, 9.17) is 11.6 Å². The van der Waals surface area contributed by atoms with E-state index in [-0.39, 0.29) is 23.8 Å². The second-order valence-electron chi connectivity index (χ2n) is 5.58. The lowest BCUT2D eigenvalue weighted by Gasteiger charge is -2.17. The summed E-state index contributed by atoms with van der Waals surface area (Å²) < 4.78 is 13.8. The van der Waals surface area contributed by atoms with Gasteiger partial charge in [-0.05, 0) is 29.8 Å². The van der Waals surface area contributed by atoms with Gasteiger partial charge in [0, 0.05) is 41.7 Å². The summed E-state index contributed by atoms with van der Waals surface area (Å²) in [7, 11) is 1.54. The van der Waals surface area contributed by atoms with Gasteiger partial charge in [-0.15, -0.1) is 0 Å². The molecule has 3 rings (SSSR count). The molecular weight excluding hydrogens is 349 g/mol. The summed E-state index contributed by atoms with van der Waals surface area (Å²) in [6.07, 6.45) is 0. The van der Waals surface area contributed by atoms with Crippen molar-refractivity contribution in [3.05, 3.63) is 74.7 Å². The molecule has 0 unspecified atom stereocenters. The third-order valence-electron chi connectivity index (χ3n) is 3.84. The van der Waals surface area contributed by atoms with Gasteiger partial charge in [-0.1, -0.05) is 17.7 Å². The summed E-state index contributed by atoms with van der Waals surface area (Å²) in [6, 6.07) is 10.0. The third-order valence-corrected chi connectivity index (χ3v) is 4.20. The number of H-pyrrole nitrogens is 1. The molecule has 1 amide bonds. The topological polar surface area (TPSA) is 79.2 Å². The van der Waals surface area contributed by atoms with Crippen molar-refractivity contribution in [2.24, 2.45) is 0 Å². The van der Waals surface area contributed by atoms with E-state index in [0.717, 1.165) is 0 Å². The first kappa shape index (κ1) is 16.9. The minimum atomic E-state index is -0.526. The number of aromatic amines is 1. The van der Waals surface area contributed by atoms with E-state index in [0.29, 0.717) is 21.5 Å². The molecule has 6 nitrogen and oxygen atoms in total. The zero-order valence-corrected chi connectivity index (χ0v) is 13.9. The lowest BCUT2D eigenvalue weighted by Crippen LogP contribution is -2.26. The van der Waals surface area contributed by atoms with Crippen molar-refractivity contribution in [3.63, 3.8) is 0 Å². The van der Waals surface area contributed by atoms with Gasteiger partial charge in [0.15, 0.2) is 0 Å². The maximum Gasteiger partial charge on any atom is 0.270 e. The molecular formula is C17H13ClFN3O3. The van der Waals surface area contributed by atoms with Gasteiger partial charge in [0.2, 0.25) is 0 Å². The largest absolute Gasteiger partial charge is 0.350 e. The van der Waals surface area contributed by atoms with Crippen molar-refractivity contribution in [2.45, 2.75) is 6.54 Å². The van der Waals surface area contributed by atoms with Crippen LogP contribution < -0.4 is 0 Å². The molecule has 2 aromatic carbocycles. The van der Waals surface area contributed by atoms with Crippen LogP contribution in [-0.2, 0) is 6.54 Å². The Bertz CT molecular complexity index is 986. The maximum atomic E-state index is 13.8. The number of hydrogen-bond donors (Lipinski definition) is 1. The Morgan fingerprint density at radius 1 is 1.32 bits per heavy atom. The van der Waals surface area contributed by atoms with Crippen LogP contribution in [0.4, 0.5) is 10.1 Å². The fourth-order valence-corrected chi connectivity index (χ4v) is 2.74. The highest BCUT2D eigenvalue weighted by Crippen LogP contribution is 2.24. The molecule has 0 fully saturated rings. The summed E-state index contributed by atoms with van der Waals surface area (Å²) in [6.45, 7) is 0.0805. The van der Waals surface area contributed by atoms with Crippen LogP contribution in [0.2, 0.25) is 5.02 Å². The molecule has 128 valence electrons. The number of non-ortho nitro benzene ring substituents is 1. The molecule has 0 saturated heterocycles. The Labute approximate surface area is 147 Å². The molecule has 0 spiro atoms. The van der Waals surface area contributed by atoms with Gasteiger partial charge in [0.1, 0.15) is 11.5 Å². The van der Waals surface area contributed by atoms with Gasteiger partial charge in [-0.25, -0.2) is 4.39 Å². The zero-order valence-electron chi connectivity index (χ0n) is 13.1. The van der Waals surface area contributed by atoms with Gasteiger partial charge in [0.25, 0.3) is 11.6 Å². The molecule has 8 heteroatoms. The lowest BCUT2D eigenvalue weighted by atomic mass is 10.2. The van der Waals surface area contributed by atoms with Crippen LogP contribution in [0.25, 0.3) is 10.9 Å². The number of rotatable bonds is 4. The standard InChI is InChI=1S/C17H13ClFN3O3/c1-21(9-10-7-11(22(24)25)5-6-13(10)18)17(23)16-8-12-14(19)3-2-4-15(12)20-16/h2-8,20H,9H2,1H3. The van der Waals surface area contributed by atoms with E-state index >= 15 is 0 Å². The third kappa shape index (κ3) is 3.32. The van der Waals surface area contributed by atoms with Crippen LogP contribution in [0, 0.1) is 15.9 Å². The van der Waals surface area contributed by atoms with Crippen LogP contribution in [0.5, 0.6) is 0 Å². The number of amides is 1. The molecule has 0 aliphatic carbocycles. The number of halogens is 2. The van der Waals surface area contributed by atoms with Gasteiger partial charge >= 0.3 is 0 Å². The van der Waals surface area contributed by atoms with Gasteiger partial charge in [-0.3, -0.25) is 14.9 Å². The maximum absolute atomic E-state index is 13.8. The highest BCUT2D eigenvalue weighted by atomic mass is 35.5. The van der Waals surface area contributed by atoms with E-state index in [1.165, 1.54) is 35.2 Å². The van der Waals surface area contributed by atoms with Gasteiger partial charge in [0.05, 0.1) is 4.92 Å². The van der Waals surface area contributed by atoms with Crippen molar-refractivity contribution in [1.82, 2.24) is 9.88 Å². The molecule has 0 bridgehead atoms. The molecule has 1 heterocycles. The lowest BCUT2D eigenvalue weighted by molar-refractivity contribution is -0.384. The first-order valence-corrected chi connectivity index (χ1v) is 7.70. The van der Waals surface area contributed by atoms with E-state index < -0.39 is 10.7 Å². The minimum absolute atomic E-state index is 0.0805. The van der Waals surface area contributed by atoms with Crippen LogP contribution >= 0.6 is 11.6 Å². The number of nitrogens with zero attached hydrogens (tertiary/aromatic N) is 2. The fraction of sp³-hybridized carbons (Fsp3) is 0.118. The van der Waals surface area contributed by atoms with Crippen molar-refractivity contribution in [2.75, 3.05) is 7.05 Å². The van der Waals surface area contributed by atoms with Gasteiger partial charge in [-0.2, -0.15) is 0 Å². The molecule has 0 radical (unpaired) electrons. The number of nitrogens with one attached hydrogen (secondary N) is 1. The predicted octanol–water partition coefficient (Wildman–Crippen LogP) is 4.14. The number of fused-ring (bicyclic) bond motifs is 1. The average Bonchev–Trinajstić information content (AvgIpc) is 3.01. The monoisotopic (exact) mass is 361 g/mol. The number of nitro groups is 1. The van der Waals surface area contributed by atoms with Crippen LogP contribution in [0.15, 0.2) is 42.5 Å². The Balaban J connectivity index is 1.86. The second-order valence-corrected chi connectivity index (χ2v) is 5.99. The van der Waals surface area contributed by atoms with Crippen molar-refractivity contribution >= 4 is 34.1 Å².